The molecule has 0 aliphatic carbocycles. The Morgan fingerprint density at radius 1 is 1.36 bits per heavy atom. The molecule has 0 heterocycles. The first-order valence-corrected chi connectivity index (χ1v) is 4.18. The molecule has 6 heteroatoms. The average Bonchev–Trinajstić information content (AvgIpc) is 1.96. The van der Waals surface area contributed by atoms with Crippen molar-refractivity contribution in [3.8, 4) is 0 Å². The fraction of sp³-hybridized carbons (Fsp3) is 0.750. The van der Waals surface area contributed by atoms with Crippen molar-refractivity contribution in [2.24, 2.45) is 5.92 Å². The van der Waals surface area contributed by atoms with E-state index in [-0.39, 0.29) is 6.42 Å². The topological polar surface area (TPSA) is 104 Å². The van der Waals surface area contributed by atoms with E-state index in [1.54, 1.807) is 6.92 Å². The molecule has 1 atom stereocenters. The molecule has 0 aromatic carbocycles. The Hall–Kier alpha value is -0.980. The number of carbonyl (C=O) groups excluding carboxylic acids is 2. The third kappa shape index (κ3) is 4.31. The summed E-state index contributed by atoms with van der Waals surface area (Å²) < 4.78 is 4.13. The lowest BCUT2D eigenvalue weighted by Crippen LogP contribution is -2.43. The Morgan fingerprint density at radius 2 is 1.86 bits per heavy atom. The van der Waals surface area contributed by atoms with Gasteiger partial charge >= 0.3 is 11.9 Å². The quantitative estimate of drug-likeness (QED) is 0.313. The lowest BCUT2D eigenvalue weighted by atomic mass is 10.0. The van der Waals surface area contributed by atoms with Crippen LogP contribution in [0.3, 0.4) is 0 Å². The number of carbonyl (C=O) groups is 2. The van der Waals surface area contributed by atoms with Crippen LogP contribution in [-0.4, -0.2) is 33.2 Å². The summed E-state index contributed by atoms with van der Waals surface area (Å²) in [5, 5.41) is 26.4. The van der Waals surface area contributed by atoms with Crippen molar-refractivity contribution in [1.82, 2.24) is 0 Å². The van der Waals surface area contributed by atoms with Crippen molar-refractivity contribution < 1.29 is 29.6 Å². The number of esters is 2. The second-order valence-corrected chi connectivity index (χ2v) is 2.94. The molecule has 82 valence electrons. The van der Waals surface area contributed by atoms with Gasteiger partial charge in [0.25, 0.3) is 5.97 Å². The smallest absolute Gasteiger partial charge is 0.324 e. The summed E-state index contributed by atoms with van der Waals surface area (Å²) in [4.78, 5) is 21.5. The fourth-order valence-electron chi connectivity index (χ4n) is 0.971. The molecular formula is C8H14O6. The number of hydrogen-bond donors (Lipinski definition) is 3. The predicted molar refractivity (Wildman–Crippen MR) is 44.6 cm³/mol. The molecule has 0 aromatic rings. The van der Waals surface area contributed by atoms with Crippen LogP contribution < -0.4 is 0 Å². The Morgan fingerprint density at radius 3 is 2.14 bits per heavy atom. The maximum Gasteiger partial charge on any atom is 0.324 e. The molecule has 0 aromatic heterocycles. The van der Waals surface area contributed by atoms with E-state index in [0.717, 1.165) is 6.92 Å². The van der Waals surface area contributed by atoms with Gasteiger partial charge in [-0.15, -0.1) is 0 Å². The average molecular weight is 206 g/mol. The predicted octanol–water partition coefficient (Wildman–Crippen LogP) is -0.877. The van der Waals surface area contributed by atoms with Gasteiger partial charge in [-0.1, -0.05) is 13.3 Å². The highest BCUT2D eigenvalue weighted by molar-refractivity contribution is 5.85. The van der Waals surface area contributed by atoms with E-state index in [0.29, 0.717) is 6.42 Å². The van der Waals surface area contributed by atoms with Gasteiger partial charge in [0.1, 0.15) is 5.92 Å². The molecule has 0 radical (unpaired) electrons. The molecule has 0 bridgehead atoms. The van der Waals surface area contributed by atoms with Crippen LogP contribution in [0.15, 0.2) is 0 Å². The summed E-state index contributed by atoms with van der Waals surface area (Å²) in [5.41, 5.74) is 0. The number of ether oxygens (including phenoxy) is 1. The van der Waals surface area contributed by atoms with Crippen molar-refractivity contribution in [2.45, 2.75) is 32.7 Å². The monoisotopic (exact) mass is 206 g/mol. The van der Waals surface area contributed by atoms with Crippen molar-refractivity contribution >= 4 is 11.9 Å². The molecule has 0 aliphatic rings. The molecule has 0 saturated carbocycles. The normalized spacial score (nSPS) is 13.5. The Balaban J connectivity index is 4.49. The van der Waals surface area contributed by atoms with Crippen LogP contribution in [0.5, 0.6) is 0 Å². The van der Waals surface area contributed by atoms with E-state index in [2.05, 4.69) is 4.74 Å². The summed E-state index contributed by atoms with van der Waals surface area (Å²) >= 11 is 0. The van der Waals surface area contributed by atoms with Crippen molar-refractivity contribution in [2.75, 3.05) is 0 Å². The van der Waals surface area contributed by atoms with Gasteiger partial charge in [0.05, 0.1) is 0 Å². The molecule has 0 rings (SSSR count). The van der Waals surface area contributed by atoms with Crippen molar-refractivity contribution in [3.05, 3.63) is 0 Å². The van der Waals surface area contributed by atoms with Crippen LogP contribution in [0, 0.1) is 5.92 Å². The van der Waals surface area contributed by atoms with Crippen molar-refractivity contribution in [3.63, 3.8) is 0 Å². The van der Waals surface area contributed by atoms with E-state index in [9.17, 15) is 9.59 Å². The lowest BCUT2D eigenvalue weighted by molar-refractivity contribution is -0.338. The minimum Gasteiger partial charge on any atom is -0.393 e. The van der Waals surface area contributed by atoms with E-state index < -0.39 is 23.8 Å². The summed E-state index contributed by atoms with van der Waals surface area (Å²) in [7, 11) is 0. The Kier molecular flexibility index (Phi) is 4.69. The van der Waals surface area contributed by atoms with E-state index >= 15 is 0 Å². The molecular weight excluding hydrogens is 192 g/mol. The minimum atomic E-state index is -3.15. The van der Waals surface area contributed by atoms with Gasteiger partial charge in [-0.25, -0.2) is 0 Å². The van der Waals surface area contributed by atoms with Gasteiger partial charge in [0.15, 0.2) is 0 Å². The molecule has 1 unspecified atom stereocenters. The first-order valence-electron chi connectivity index (χ1n) is 4.18. The van der Waals surface area contributed by atoms with Gasteiger partial charge < -0.3 is 20.1 Å². The molecule has 0 aliphatic heterocycles. The highest BCUT2D eigenvalue weighted by Crippen LogP contribution is 2.19. The van der Waals surface area contributed by atoms with Crippen LogP contribution in [-0.2, 0) is 14.3 Å². The SMILES string of the molecule is CCCC(C(=O)OC(C)=O)C(O)(O)O. The van der Waals surface area contributed by atoms with Gasteiger partial charge in [-0.05, 0) is 6.42 Å². The first kappa shape index (κ1) is 13.0. The van der Waals surface area contributed by atoms with Gasteiger partial charge in [-0.3, -0.25) is 9.59 Å². The maximum absolute atomic E-state index is 11.1. The zero-order valence-electron chi connectivity index (χ0n) is 8.06. The molecule has 3 N–H and O–H groups in total. The summed E-state index contributed by atoms with van der Waals surface area (Å²) in [6.07, 6.45) is 0.441. The summed E-state index contributed by atoms with van der Waals surface area (Å²) in [5.74, 6) is -6.69. The second kappa shape index (κ2) is 5.04. The molecule has 14 heavy (non-hydrogen) atoms. The number of aliphatic hydroxyl groups is 3. The number of hydrogen-bond acceptors (Lipinski definition) is 6. The van der Waals surface area contributed by atoms with Gasteiger partial charge in [0.2, 0.25) is 0 Å². The minimum absolute atomic E-state index is 0.00954. The van der Waals surface area contributed by atoms with E-state index in [1.807, 2.05) is 0 Å². The number of rotatable bonds is 4. The fourth-order valence-corrected chi connectivity index (χ4v) is 0.971. The van der Waals surface area contributed by atoms with Crippen LogP contribution in [0.2, 0.25) is 0 Å². The molecule has 0 spiro atoms. The highest BCUT2D eigenvalue weighted by Gasteiger charge is 2.39. The van der Waals surface area contributed by atoms with Crippen LogP contribution in [0.25, 0.3) is 0 Å². The maximum atomic E-state index is 11.1. The first-order chi connectivity index (χ1) is 6.29. The van der Waals surface area contributed by atoms with Gasteiger partial charge in [-0.2, -0.15) is 0 Å². The van der Waals surface area contributed by atoms with E-state index in [1.165, 1.54) is 0 Å². The molecule has 0 fully saturated rings. The van der Waals surface area contributed by atoms with E-state index in [4.69, 9.17) is 15.3 Å². The van der Waals surface area contributed by atoms with Crippen LogP contribution >= 0.6 is 0 Å². The summed E-state index contributed by atoms with van der Waals surface area (Å²) in [6.45, 7) is 2.69. The summed E-state index contributed by atoms with van der Waals surface area (Å²) in [6, 6.07) is 0. The third-order valence-electron chi connectivity index (χ3n) is 1.57. The third-order valence-corrected chi connectivity index (χ3v) is 1.57. The molecule has 6 nitrogen and oxygen atoms in total. The molecule has 0 saturated heterocycles. The zero-order valence-corrected chi connectivity index (χ0v) is 8.06. The van der Waals surface area contributed by atoms with Gasteiger partial charge in [0, 0.05) is 6.92 Å². The lowest BCUT2D eigenvalue weighted by Gasteiger charge is -2.22. The Bertz CT molecular complexity index is 216. The zero-order chi connectivity index (χ0) is 11.4. The van der Waals surface area contributed by atoms with Crippen LogP contribution in [0.1, 0.15) is 26.7 Å². The van der Waals surface area contributed by atoms with Crippen LogP contribution in [0.4, 0.5) is 0 Å². The van der Waals surface area contributed by atoms with Crippen molar-refractivity contribution in [1.29, 1.82) is 0 Å². The Labute approximate surface area is 81.1 Å². The molecule has 0 amide bonds. The second-order valence-electron chi connectivity index (χ2n) is 2.94. The largest absolute Gasteiger partial charge is 0.393 e. The standard InChI is InChI=1S/C8H14O6/c1-3-4-6(8(11,12)13)7(10)14-5(2)9/h6,11-13H,3-4H2,1-2H3. The highest BCUT2D eigenvalue weighted by atomic mass is 16.7.